The van der Waals surface area contributed by atoms with E-state index in [1.165, 1.54) is 9.21 Å². The van der Waals surface area contributed by atoms with Gasteiger partial charge in [-0.25, -0.2) is 17.5 Å². The van der Waals surface area contributed by atoms with Gasteiger partial charge in [-0.1, -0.05) is 0 Å². The Kier molecular flexibility index (Phi) is 4.88. The van der Waals surface area contributed by atoms with Gasteiger partial charge in [0, 0.05) is 19.6 Å². The van der Waals surface area contributed by atoms with E-state index in [0.29, 0.717) is 32.4 Å². The lowest BCUT2D eigenvalue weighted by Gasteiger charge is -2.38. The SMILES string of the molecule is CS(=O)(=O)N1CCCC(C(=O)N2CCCC[C@H]2C(=O)O)C1. The van der Waals surface area contributed by atoms with Gasteiger partial charge in [0.25, 0.3) is 0 Å². The summed E-state index contributed by atoms with van der Waals surface area (Å²) in [5.74, 6) is -1.61. The third kappa shape index (κ3) is 3.74. The normalized spacial score (nSPS) is 28.3. The average Bonchev–Trinajstić information content (AvgIpc) is 2.45. The monoisotopic (exact) mass is 318 g/mol. The van der Waals surface area contributed by atoms with Gasteiger partial charge < -0.3 is 10.0 Å². The Hall–Kier alpha value is -1.15. The van der Waals surface area contributed by atoms with Crippen molar-refractivity contribution >= 4 is 21.9 Å². The minimum absolute atomic E-state index is 0.167. The van der Waals surface area contributed by atoms with Crippen LogP contribution in [-0.2, 0) is 19.6 Å². The molecule has 0 spiro atoms. The Morgan fingerprint density at radius 3 is 2.43 bits per heavy atom. The Morgan fingerprint density at radius 1 is 1.10 bits per heavy atom. The van der Waals surface area contributed by atoms with E-state index in [0.717, 1.165) is 19.1 Å². The molecule has 1 unspecified atom stereocenters. The fourth-order valence-electron chi connectivity index (χ4n) is 3.13. The smallest absolute Gasteiger partial charge is 0.326 e. The quantitative estimate of drug-likeness (QED) is 0.798. The Morgan fingerprint density at radius 2 is 1.81 bits per heavy atom. The molecule has 0 saturated carbocycles. The predicted molar refractivity (Wildman–Crippen MR) is 76.1 cm³/mol. The summed E-state index contributed by atoms with van der Waals surface area (Å²) in [6.45, 7) is 1.05. The Labute approximate surface area is 125 Å². The molecule has 2 saturated heterocycles. The van der Waals surface area contributed by atoms with Crippen LogP contribution in [0.2, 0.25) is 0 Å². The number of carboxylic acids is 1. The number of rotatable bonds is 3. The van der Waals surface area contributed by atoms with Crippen LogP contribution in [0.15, 0.2) is 0 Å². The van der Waals surface area contributed by atoms with Crippen molar-refractivity contribution in [1.82, 2.24) is 9.21 Å². The molecular formula is C13H22N2O5S. The zero-order valence-electron chi connectivity index (χ0n) is 12.2. The number of nitrogens with zero attached hydrogens (tertiary/aromatic N) is 2. The molecule has 0 aromatic heterocycles. The van der Waals surface area contributed by atoms with Crippen LogP contribution < -0.4 is 0 Å². The Balaban J connectivity index is 2.09. The summed E-state index contributed by atoms with van der Waals surface area (Å²) in [7, 11) is -3.31. The summed E-state index contributed by atoms with van der Waals surface area (Å²) in [6.07, 6.45) is 4.48. The molecule has 2 fully saturated rings. The fourth-order valence-corrected chi connectivity index (χ4v) is 4.04. The number of amides is 1. The maximum absolute atomic E-state index is 12.6. The van der Waals surface area contributed by atoms with Crippen LogP contribution in [0, 0.1) is 5.92 Å². The van der Waals surface area contributed by atoms with Crippen LogP contribution in [0.1, 0.15) is 32.1 Å². The zero-order valence-corrected chi connectivity index (χ0v) is 13.0. The minimum Gasteiger partial charge on any atom is -0.480 e. The summed E-state index contributed by atoms with van der Waals surface area (Å²) in [4.78, 5) is 25.3. The molecule has 2 heterocycles. The first-order valence-corrected chi connectivity index (χ1v) is 9.14. The molecule has 0 aliphatic carbocycles. The van der Waals surface area contributed by atoms with E-state index >= 15 is 0 Å². The molecule has 2 atom stereocenters. The molecule has 0 aromatic rings. The molecule has 7 nitrogen and oxygen atoms in total. The number of likely N-dealkylation sites (tertiary alicyclic amines) is 1. The number of piperidine rings is 2. The lowest BCUT2D eigenvalue weighted by atomic mass is 9.94. The summed E-state index contributed by atoms with van der Waals surface area (Å²) < 4.78 is 24.5. The number of carboxylic acid groups (broad SMARTS) is 1. The molecule has 8 heteroatoms. The molecule has 2 rings (SSSR count). The van der Waals surface area contributed by atoms with Crippen molar-refractivity contribution in [3.8, 4) is 0 Å². The van der Waals surface area contributed by atoms with Crippen molar-refractivity contribution in [2.24, 2.45) is 5.92 Å². The van der Waals surface area contributed by atoms with Gasteiger partial charge in [-0.15, -0.1) is 0 Å². The molecular weight excluding hydrogens is 296 g/mol. The van der Waals surface area contributed by atoms with Gasteiger partial charge in [0.2, 0.25) is 15.9 Å². The Bertz CT molecular complexity index is 519. The van der Waals surface area contributed by atoms with E-state index in [4.69, 9.17) is 0 Å². The second kappa shape index (κ2) is 6.31. The standard InChI is InChI=1S/C13H22N2O5S/c1-21(19,20)14-7-4-5-10(9-14)12(16)15-8-3-2-6-11(15)13(17)18/h10-11H,2-9H2,1H3,(H,17,18)/t10?,11-/m0/s1. The number of hydrogen-bond donors (Lipinski definition) is 1. The van der Waals surface area contributed by atoms with E-state index in [1.807, 2.05) is 0 Å². The van der Waals surface area contributed by atoms with E-state index in [9.17, 15) is 23.1 Å². The summed E-state index contributed by atoms with van der Waals surface area (Å²) >= 11 is 0. The van der Waals surface area contributed by atoms with Crippen LogP contribution in [-0.4, -0.2) is 66.5 Å². The third-order valence-corrected chi connectivity index (χ3v) is 5.54. The van der Waals surface area contributed by atoms with Gasteiger partial charge in [0.15, 0.2) is 0 Å². The van der Waals surface area contributed by atoms with E-state index < -0.39 is 28.0 Å². The zero-order chi connectivity index (χ0) is 15.6. The van der Waals surface area contributed by atoms with Crippen LogP contribution in [0.3, 0.4) is 0 Å². The van der Waals surface area contributed by atoms with Gasteiger partial charge in [-0.05, 0) is 32.1 Å². The predicted octanol–water partition coefficient (Wildman–Crippen LogP) is 0.124. The molecule has 0 radical (unpaired) electrons. The van der Waals surface area contributed by atoms with Crippen LogP contribution in [0.25, 0.3) is 0 Å². The number of aliphatic carboxylic acids is 1. The van der Waals surface area contributed by atoms with Crippen molar-refractivity contribution in [3.05, 3.63) is 0 Å². The van der Waals surface area contributed by atoms with Crippen molar-refractivity contribution in [3.63, 3.8) is 0 Å². The second-order valence-corrected chi connectivity index (χ2v) is 7.82. The van der Waals surface area contributed by atoms with Gasteiger partial charge in [0.05, 0.1) is 12.2 Å². The molecule has 21 heavy (non-hydrogen) atoms. The number of carbonyl (C=O) groups excluding carboxylic acids is 1. The molecule has 1 amide bonds. The molecule has 120 valence electrons. The summed E-state index contributed by atoms with van der Waals surface area (Å²) in [6, 6.07) is -0.764. The minimum atomic E-state index is -3.31. The highest BCUT2D eigenvalue weighted by molar-refractivity contribution is 7.88. The van der Waals surface area contributed by atoms with Crippen LogP contribution >= 0.6 is 0 Å². The highest BCUT2D eigenvalue weighted by atomic mass is 32.2. The second-order valence-electron chi connectivity index (χ2n) is 5.84. The first-order chi connectivity index (χ1) is 9.80. The third-order valence-electron chi connectivity index (χ3n) is 4.27. The van der Waals surface area contributed by atoms with Gasteiger partial charge >= 0.3 is 5.97 Å². The summed E-state index contributed by atoms with van der Waals surface area (Å²) in [5, 5.41) is 9.24. The van der Waals surface area contributed by atoms with Crippen molar-refractivity contribution in [2.75, 3.05) is 25.9 Å². The lowest BCUT2D eigenvalue weighted by molar-refractivity contribution is -0.154. The van der Waals surface area contributed by atoms with Crippen molar-refractivity contribution in [2.45, 2.75) is 38.1 Å². The molecule has 0 aromatic carbocycles. The van der Waals surface area contributed by atoms with Crippen LogP contribution in [0.4, 0.5) is 0 Å². The maximum Gasteiger partial charge on any atom is 0.326 e. The molecule has 2 aliphatic rings. The van der Waals surface area contributed by atoms with Crippen molar-refractivity contribution < 1.29 is 23.1 Å². The lowest BCUT2D eigenvalue weighted by Crippen LogP contribution is -2.53. The van der Waals surface area contributed by atoms with Gasteiger partial charge in [-0.3, -0.25) is 4.79 Å². The number of hydrogen-bond acceptors (Lipinski definition) is 4. The first-order valence-electron chi connectivity index (χ1n) is 7.29. The van der Waals surface area contributed by atoms with E-state index in [2.05, 4.69) is 0 Å². The topological polar surface area (TPSA) is 95.0 Å². The first kappa shape index (κ1) is 16.2. The largest absolute Gasteiger partial charge is 0.480 e. The molecule has 0 bridgehead atoms. The van der Waals surface area contributed by atoms with Gasteiger partial charge in [0.1, 0.15) is 6.04 Å². The maximum atomic E-state index is 12.6. The highest BCUT2D eigenvalue weighted by Gasteiger charge is 2.38. The summed E-state index contributed by atoms with van der Waals surface area (Å²) in [5.41, 5.74) is 0. The van der Waals surface area contributed by atoms with Crippen molar-refractivity contribution in [1.29, 1.82) is 0 Å². The highest BCUT2D eigenvalue weighted by Crippen LogP contribution is 2.25. The fraction of sp³-hybridized carbons (Fsp3) is 0.846. The molecule has 1 N–H and O–H groups in total. The van der Waals surface area contributed by atoms with E-state index in [1.54, 1.807) is 0 Å². The van der Waals surface area contributed by atoms with Gasteiger partial charge in [-0.2, -0.15) is 0 Å². The average molecular weight is 318 g/mol. The van der Waals surface area contributed by atoms with Crippen LogP contribution in [0.5, 0.6) is 0 Å². The van der Waals surface area contributed by atoms with E-state index in [-0.39, 0.29) is 12.5 Å². The molecule has 2 aliphatic heterocycles. The number of carbonyl (C=O) groups is 2. The number of sulfonamides is 1.